The summed E-state index contributed by atoms with van der Waals surface area (Å²) in [5.74, 6) is -0.576. The maximum atomic E-state index is 12.2. The third-order valence-electron chi connectivity index (χ3n) is 4.62. The van der Waals surface area contributed by atoms with E-state index in [0.717, 1.165) is 13.1 Å². The molecule has 0 aromatic heterocycles. The molecule has 1 fully saturated rings. The summed E-state index contributed by atoms with van der Waals surface area (Å²) in [6, 6.07) is 5.62. The summed E-state index contributed by atoms with van der Waals surface area (Å²) < 4.78 is 36.6. The zero-order valence-corrected chi connectivity index (χ0v) is 14.3. The van der Waals surface area contributed by atoms with Crippen molar-refractivity contribution in [1.82, 2.24) is 10.2 Å². The van der Waals surface area contributed by atoms with Crippen LogP contribution in [0.4, 0.5) is 18.9 Å². The van der Waals surface area contributed by atoms with Crippen molar-refractivity contribution in [3.63, 3.8) is 0 Å². The summed E-state index contributed by atoms with van der Waals surface area (Å²) in [4.78, 5) is 16.1. The van der Waals surface area contributed by atoms with E-state index in [2.05, 4.69) is 30.9 Å². The average Bonchev–Trinajstić information content (AvgIpc) is 2.54. The van der Waals surface area contributed by atoms with Gasteiger partial charge in [-0.3, -0.25) is 9.69 Å². The van der Waals surface area contributed by atoms with E-state index in [0.29, 0.717) is 13.1 Å². The Morgan fingerprint density at radius 3 is 2.42 bits per heavy atom. The number of hydrogen-bond donors (Lipinski definition) is 1. The minimum absolute atomic E-state index is 0.562. The molecule has 1 heterocycles. The molecule has 1 N–H and O–H groups in total. The number of benzene rings is 1. The molecule has 1 atom stereocenters. The number of aryl methyl sites for hydroxylation is 1. The molecule has 24 heavy (non-hydrogen) atoms. The highest BCUT2D eigenvalue weighted by atomic mass is 19.4. The molecule has 7 heteroatoms. The Labute approximate surface area is 140 Å². The van der Waals surface area contributed by atoms with E-state index in [9.17, 15) is 18.0 Å². The first-order valence-corrected chi connectivity index (χ1v) is 8.08. The first-order valence-electron chi connectivity index (χ1n) is 8.08. The van der Waals surface area contributed by atoms with E-state index in [1.807, 2.05) is 16.3 Å². The van der Waals surface area contributed by atoms with Gasteiger partial charge >= 0.3 is 6.18 Å². The molecule has 0 bridgehead atoms. The van der Waals surface area contributed by atoms with Crippen molar-refractivity contribution in [2.24, 2.45) is 0 Å². The maximum Gasteiger partial charge on any atom is 0.405 e. The number of piperazine rings is 1. The van der Waals surface area contributed by atoms with Crippen LogP contribution in [-0.2, 0) is 4.79 Å². The number of carbonyl (C=O) groups is 1. The number of nitrogens with zero attached hydrogens (tertiary/aromatic N) is 2. The van der Waals surface area contributed by atoms with Gasteiger partial charge in [0.2, 0.25) is 5.91 Å². The smallest absolute Gasteiger partial charge is 0.369 e. The van der Waals surface area contributed by atoms with Crippen molar-refractivity contribution < 1.29 is 18.0 Å². The number of anilines is 1. The fourth-order valence-corrected chi connectivity index (χ4v) is 2.93. The van der Waals surface area contributed by atoms with E-state index in [1.165, 1.54) is 16.8 Å². The number of nitrogens with one attached hydrogen (secondary N) is 1. The number of amides is 1. The van der Waals surface area contributed by atoms with Crippen molar-refractivity contribution in [2.75, 3.05) is 37.6 Å². The van der Waals surface area contributed by atoms with Crippen molar-refractivity contribution >= 4 is 11.6 Å². The number of rotatable bonds is 4. The van der Waals surface area contributed by atoms with Gasteiger partial charge in [-0.25, -0.2) is 0 Å². The Kier molecular flexibility index (Phi) is 5.74. The molecular formula is C17H24F3N3O. The quantitative estimate of drug-likeness (QED) is 0.912. The maximum absolute atomic E-state index is 12.2. The van der Waals surface area contributed by atoms with E-state index >= 15 is 0 Å². The van der Waals surface area contributed by atoms with Crippen molar-refractivity contribution in [2.45, 2.75) is 33.0 Å². The molecular weight excluding hydrogens is 319 g/mol. The first-order chi connectivity index (χ1) is 11.2. The lowest BCUT2D eigenvalue weighted by atomic mass is 10.1. The summed E-state index contributed by atoms with van der Waals surface area (Å²) in [6.45, 7) is 7.33. The van der Waals surface area contributed by atoms with E-state index < -0.39 is 24.7 Å². The zero-order chi connectivity index (χ0) is 17.9. The van der Waals surface area contributed by atoms with Gasteiger partial charge in [0, 0.05) is 31.9 Å². The molecule has 1 aromatic carbocycles. The zero-order valence-electron chi connectivity index (χ0n) is 14.3. The molecule has 1 aliphatic rings. The molecule has 1 unspecified atom stereocenters. The highest BCUT2D eigenvalue weighted by molar-refractivity contribution is 5.81. The Bertz CT molecular complexity index is 581. The monoisotopic (exact) mass is 343 g/mol. The van der Waals surface area contributed by atoms with Crippen LogP contribution in [0.15, 0.2) is 18.2 Å². The lowest BCUT2D eigenvalue weighted by Crippen LogP contribution is -2.54. The second kappa shape index (κ2) is 7.42. The standard InChI is InChI=1S/C17H24F3N3O/c1-12-5-4-6-15(13(12)2)23-9-7-22(8-10-23)14(3)16(24)21-11-17(18,19)20/h4-6,14H,7-11H2,1-3H3,(H,21,24). The molecule has 0 radical (unpaired) electrons. The molecule has 0 aliphatic carbocycles. The highest BCUT2D eigenvalue weighted by Crippen LogP contribution is 2.24. The number of carbonyl (C=O) groups excluding carboxylic acids is 1. The van der Waals surface area contributed by atoms with Crippen LogP contribution in [0.1, 0.15) is 18.1 Å². The lowest BCUT2D eigenvalue weighted by Gasteiger charge is -2.39. The van der Waals surface area contributed by atoms with Crippen LogP contribution < -0.4 is 10.2 Å². The molecule has 1 aliphatic heterocycles. The number of hydrogen-bond acceptors (Lipinski definition) is 3. The third kappa shape index (κ3) is 4.63. The minimum atomic E-state index is -4.38. The van der Waals surface area contributed by atoms with Gasteiger partial charge in [-0.2, -0.15) is 13.2 Å². The normalized spacial score (nSPS) is 17.7. The molecule has 0 spiro atoms. The minimum Gasteiger partial charge on any atom is -0.369 e. The molecule has 4 nitrogen and oxygen atoms in total. The molecule has 2 rings (SSSR count). The van der Waals surface area contributed by atoms with Gasteiger partial charge in [-0.15, -0.1) is 0 Å². The lowest BCUT2D eigenvalue weighted by molar-refractivity contribution is -0.141. The fourth-order valence-electron chi connectivity index (χ4n) is 2.93. The van der Waals surface area contributed by atoms with Gasteiger partial charge in [0.05, 0.1) is 6.04 Å². The summed E-state index contributed by atoms with van der Waals surface area (Å²) in [5, 5.41) is 1.96. The molecule has 1 saturated heterocycles. The summed E-state index contributed by atoms with van der Waals surface area (Å²) in [5.41, 5.74) is 3.65. The van der Waals surface area contributed by atoms with Crippen LogP contribution in [0.5, 0.6) is 0 Å². The molecule has 0 saturated carbocycles. The van der Waals surface area contributed by atoms with E-state index in [-0.39, 0.29) is 0 Å². The summed E-state index contributed by atoms with van der Waals surface area (Å²) >= 11 is 0. The van der Waals surface area contributed by atoms with Crippen LogP contribution in [0.2, 0.25) is 0 Å². The predicted octanol–water partition coefficient (Wildman–Crippen LogP) is 2.49. The van der Waals surface area contributed by atoms with Crippen LogP contribution in [0.25, 0.3) is 0 Å². The van der Waals surface area contributed by atoms with Gasteiger partial charge in [-0.05, 0) is 38.0 Å². The van der Waals surface area contributed by atoms with Crippen molar-refractivity contribution in [3.05, 3.63) is 29.3 Å². The second-order valence-corrected chi connectivity index (χ2v) is 6.25. The first kappa shape index (κ1) is 18.6. The van der Waals surface area contributed by atoms with Gasteiger partial charge in [0.25, 0.3) is 0 Å². The Hall–Kier alpha value is -1.76. The average molecular weight is 343 g/mol. The van der Waals surface area contributed by atoms with Crippen molar-refractivity contribution in [3.8, 4) is 0 Å². The van der Waals surface area contributed by atoms with Gasteiger partial charge in [0.15, 0.2) is 0 Å². The van der Waals surface area contributed by atoms with Gasteiger partial charge in [0.1, 0.15) is 6.54 Å². The van der Waals surface area contributed by atoms with Gasteiger partial charge in [-0.1, -0.05) is 12.1 Å². The number of alkyl halides is 3. The SMILES string of the molecule is Cc1cccc(N2CCN(C(C)C(=O)NCC(F)(F)F)CC2)c1C. The van der Waals surface area contributed by atoms with Crippen molar-refractivity contribution in [1.29, 1.82) is 0 Å². The molecule has 1 amide bonds. The predicted molar refractivity (Wildman–Crippen MR) is 88.2 cm³/mol. The van der Waals surface area contributed by atoms with Crippen LogP contribution in [-0.4, -0.2) is 55.7 Å². The Morgan fingerprint density at radius 2 is 1.83 bits per heavy atom. The number of halogens is 3. The van der Waals surface area contributed by atoms with Crippen LogP contribution in [0.3, 0.4) is 0 Å². The second-order valence-electron chi connectivity index (χ2n) is 6.25. The van der Waals surface area contributed by atoms with Crippen LogP contribution >= 0.6 is 0 Å². The topological polar surface area (TPSA) is 35.6 Å². The molecule has 134 valence electrons. The summed E-state index contributed by atoms with van der Waals surface area (Å²) in [6.07, 6.45) is -4.38. The van der Waals surface area contributed by atoms with Crippen LogP contribution in [0, 0.1) is 13.8 Å². The third-order valence-corrected chi connectivity index (χ3v) is 4.62. The Morgan fingerprint density at radius 1 is 1.21 bits per heavy atom. The van der Waals surface area contributed by atoms with Gasteiger partial charge < -0.3 is 10.2 Å². The molecule has 1 aromatic rings. The summed E-state index contributed by atoms with van der Waals surface area (Å²) in [7, 11) is 0. The Balaban J connectivity index is 1.90. The highest BCUT2D eigenvalue weighted by Gasteiger charge is 2.31. The van der Waals surface area contributed by atoms with E-state index in [1.54, 1.807) is 6.92 Å². The largest absolute Gasteiger partial charge is 0.405 e. The fraction of sp³-hybridized carbons (Fsp3) is 0.588. The van der Waals surface area contributed by atoms with E-state index in [4.69, 9.17) is 0 Å².